The van der Waals surface area contributed by atoms with Crippen molar-refractivity contribution < 1.29 is 24.9 Å². The number of aromatic carboxylic acids is 1. The monoisotopic (exact) mass is 333 g/mol. The number of hydrogen-bond acceptors (Lipinski definition) is 3. The summed E-state index contributed by atoms with van der Waals surface area (Å²) in [7, 11) is 0. The maximum absolute atomic E-state index is 10.9. The fourth-order valence-corrected chi connectivity index (χ4v) is 2.56. The number of nitrogens with zero attached hydrogens (tertiary/aromatic N) is 1. The van der Waals surface area contributed by atoms with E-state index in [2.05, 4.69) is 0 Å². The quantitative estimate of drug-likeness (QED) is 0.777. The Bertz CT molecular complexity index is 746. The predicted octanol–water partition coefficient (Wildman–Crippen LogP) is 3.54. The van der Waals surface area contributed by atoms with E-state index in [1.54, 1.807) is 6.07 Å². The Labute approximate surface area is 141 Å². The van der Waals surface area contributed by atoms with E-state index >= 15 is 0 Å². The molecule has 6 heteroatoms. The molecule has 0 spiro atoms. The van der Waals surface area contributed by atoms with Crippen LogP contribution in [0.2, 0.25) is 0 Å². The van der Waals surface area contributed by atoms with E-state index in [1.807, 2.05) is 38.3 Å². The van der Waals surface area contributed by atoms with Gasteiger partial charge in [-0.15, -0.1) is 0 Å². The molecule has 0 radical (unpaired) electrons. The van der Waals surface area contributed by atoms with Crippen LogP contribution in [0.4, 0.5) is 0 Å². The van der Waals surface area contributed by atoms with E-state index in [0.29, 0.717) is 12.1 Å². The molecular formula is C18H23NO5. The summed E-state index contributed by atoms with van der Waals surface area (Å²) in [5.41, 5.74) is 3.17. The number of aromatic nitrogens is 1. The molecular weight excluding hydrogens is 310 g/mol. The SMILES string of the molecule is CC.Cc1cc(CCC(=O)O)c(C)n1-c1ccc(C(=O)O)c(O)c1. The lowest BCUT2D eigenvalue weighted by Gasteiger charge is -2.11. The Kier molecular flexibility index (Phi) is 6.58. The van der Waals surface area contributed by atoms with Crippen molar-refractivity contribution in [1.29, 1.82) is 0 Å². The summed E-state index contributed by atoms with van der Waals surface area (Å²) in [5, 5.41) is 27.5. The summed E-state index contributed by atoms with van der Waals surface area (Å²) in [4.78, 5) is 21.6. The number of carboxylic acids is 2. The smallest absolute Gasteiger partial charge is 0.339 e. The molecule has 0 aliphatic rings. The van der Waals surface area contributed by atoms with Crippen molar-refractivity contribution in [3.63, 3.8) is 0 Å². The zero-order valence-corrected chi connectivity index (χ0v) is 14.3. The van der Waals surface area contributed by atoms with Gasteiger partial charge in [0.15, 0.2) is 0 Å². The van der Waals surface area contributed by atoms with Gasteiger partial charge in [0, 0.05) is 29.6 Å². The first-order valence-corrected chi connectivity index (χ1v) is 7.77. The fraction of sp³-hybridized carbons (Fsp3) is 0.333. The van der Waals surface area contributed by atoms with Gasteiger partial charge in [0.25, 0.3) is 0 Å². The van der Waals surface area contributed by atoms with Crippen molar-refractivity contribution in [3.8, 4) is 11.4 Å². The maximum Gasteiger partial charge on any atom is 0.339 e. The van der Waals surface area contributed by atoms with Crippen LogP contribution >= 0.6 is 0 Å². The Morgan fingerprint density at radius 1 is 1.08 bits per heavy atom. The molecule has 0 aliphatic heterocycles. The van der Waals surface area contributed by atoms with Crippen molar-refractivity contribution >= 4 is 11.9 Å². The van der Waals surface area contributed by atoms with E-state index in [-0.39, 0.29) is 17.7 Å². The minimum absolute atomic E-state index is 0.0491. The highest BCUT2D eigenvalue weighted by atomic mass is 16.4. The second kappa shape index (κ2) is 8.19. The van der Waals surface area contributed by atoms with Crippen LogP contribution in [0.3, 0.4) is 0 Å². The van der Waals surface area contributed by atoms with E-state index in [0.717, 1.165) is 17.0 Å². The van der Waals surface area contributed by atoms with Gasteiger partial charge in [0.2, 0.25) is 0 Å². The highest BCUT2D eigenvalue weighted by molar-refractivity contribution is 5.91. The zero-order chi connectivity index (χ0) is 18.4. The van der Waals surface area contributed by atoms with Crippen molar-refractivity contribution in [2.75, 3.05) is 0 Å². The molecule has 0 atom stereocenters. The summed E-state index contributed by atoms with van der Waals surface area (Å²) >= 11 is 0. The third kappa shape index (κ3) is 4.16. The second-order valence-electron chi connectivity index (χ2n) is 5.13. The molecule has 0 amide bonds. The van der Waals surface area contributed by atoms with Gasteiger partial charge >= 0.3 is 11.9 Å². The van der Waals surface area contributed by atoms with E-state index in [4.69, 9.17) is 10.2 Å². The number of aliphatic carboxylic acids is 1. The second-order valence-corrected chi connectivity index (χ2v) is 5.13. The molecule has 1 aromatic heterocycles. The Morgan fingerprint density at radius 2 is 1.71 bits per heavy atom. The Balaban J connectivity index is 0.00000139. The minimum Gasteiger partial charge on any atom is -0.507 e. The average molecular weight is 333 g/mol. The first-order chi connectivity index (χ1) is 11.3. The molecule has 0 aliphatic carbocycles. The lowest BCUT2D eigenvalue weighted by Crippen LogP contribution is -2.03. The van der Waals surface area contributed by atoms with Crippen LogP contribution in [0.15, 0.2) is 24.3 Å². The first kappa shape index (κ1) is 19.3. The van der Waals surface area contributed by atoms with Gasteiger partial charge < -0.3 is 19.9 Å². The maximum atomic E-state index is 10.9. The fourth-order valence-electron chi connectivity index (χ4n) is 2.56. The van der Waals surface area contributed by atoms with Gasteiger partial charge in [-0.1, -0.05) is 13.8 Å². The summed E-state index contributed by atoms with van der Waals surface area (Å²) in [5.74, 6) is -2.34. The van der Waals surface area contributed by atoms with Crippen LogP contribution in [0.1, 0.15) is 47.6 Å². The largest absolute Gasteiger partial charge is 0.507 e. The number of aromatic hydroxyl groups is 1. The molecule has 0 bridgehead atoms. The summed E-state index contributed by atoms with van der Waals surface area (Å²) < 4.78 is 1.86. The number of aryl methyl sites for hydroxylation is 2. The molecule has 2 aromatic rings. The molecule has 0 unspecified atom stereocenters. The summed E-state index contributed by atoms with van der Waals surface area (Å²) in [6.45, 7) is 7.74. The van der Waals surface area contributed by atoms with E-state index in [9.17, 15) is 14.7 Å². The highest BCUT2D eigenvalue weighted by Gasteiger charge is 2.15. The molecule has 24 heavy (non-hydrogen) atoms. The number of carboxylic acid groups (broad SMARTS) is 2. The molecule has 0 fully saturated rings. The summed E-state index contributed by atoms with van der Waals surface area (Å²) in [6, 6.07) is 6.26. The minimum atomic E-state index is -1.19. The number of carbonyl (C=O) groups is 2. The molecule has 1 heterocycles. The summed E-state index contributed by atoms with van der Waals surface area (Å²) in [6.07, 6.45) is 0.474. The molecule has 130 valence electrons. The van der Waals surface area contributed by atoms with Crippen molar-refractivity contribution in [2.45, 2.75) is 40.5 Å². The molecule has 2 rings (SSSR count). The lowest BCUT2D eigenvalue weighted by molar-refractivity contribution is -0.136. The van der Waals surface area contributed by atoms with Crippen molar-refractivity contribution in [3.05, 3.63) is 46.8 Å². The van der Waals surface area contributed by atoms with E-state index < -0.39 is 11.9 Å². The average Bonchev–Trinajstić information content (AvgIpc) is 2.81. The van der Waals surface area contributed by atoms with Gasteiger partial charge in [0.1, 0.15) is 11.3 Å². The van der Waals surface area contributed by atoms with Crippen LogP contribution in [0.25, 0.3) is 5.69 Å². The third-order valence-corrected chi connectivity index (χ3v) is 3.61. The Hall–Kier alpha value is -2.76. The van der Waals surface area contributed by atoms with Crippen molar-refractivity contribution in [1.82, 2.24) is 4.57 Å². The van der Waals surface area contributed by atoms with Gasteiger partial charge in [0.05, 0.1) is 0 Å². The molecule has 3 N–H and O–H groups in total. The highest BCUT2D eigenvalue weighted by Crippen LogP contribution is 2.26. The number of benzene rings is 1. The van der Waals surface area contributed by atoms with Crippen LogP contribution in [0.5, 0.6) is 5.75 Å². The van der Waals surface area contributed by atoms with Gasteiger partial charge in [-0.3, -0.25) is 4.79 Å². The zero-order valence-electron chi connectivity index (χ0n) is 14.3. The van der Waals surface area contributed by atoms with E-state index in [1.165, 1.54) is 12.1 Å². The van der Waals surface area contributed by atoms with Crippen molar-refractivity contribution in [2.24, 2.45) is 0 Å². The van der Waals surface area contributed by atoms with Gasteiger partial charge in [-0.25, -0.2) is 4.79 Å². The topological polar surface area (TPSA) is 99.8 Å². The Morgan fingerprint density at radius 3 is 2.21 bits per heavy atom. The lowest BCUT2D eigenvalue weighted by atomic mass is 10.1. The third-order valence-electron chi connectivity index (χ3n) is 3.61. The molecule has 0 saturated carbocycles. The van der Waals surface area contributed by atoms with Gasteiger partial charge in [-0.2, -0.15) is 0 Å². The van der Waals surface area contributed by atoms with Crippen LogP contribution in [0, 0.1) is 13.8 Å². The molecule has 1 aromatic carbocycles. The predicted molar refractivity (Wildman–Crippen MR) is 91.2 cm³/mol. The van der Waals surface area contributed by atoms with Crippen LogP contribution < -0.4 is 0 Å². The normalized spacial score (nSPS) is 10.0. The van der Waals surface area contributed by atoms with Crippen LogP contribution in [-0.2, 0) is 11.2 Å². The standard InChI is InChI=1S/C16H17NO5.C2H6/c1-9-7-11(3-6-15(19)20)10(2)17(9)12-4-5-13(16(21)22)14(18)8-12;1-2/h4-5,7-8,18H,3,6H2,1-2H3,(H,19,20)(H,21,22);1-2H3. The first-order valence-electron chi connectivity index (χ1n) is 7.77. The molecule has 6 nitrogen and oxygen atoms in total. The molecule has 0 saturated heterocycles. The number of phenols is 1. The van der Waals surface area contributed by atoms with Crippen LogP contribution in [-0.4, -0.2) is 31.8 Å². The number of rotatable bonds is 5. The number of hydrogen-bond donors (Lipinski definition) is 3. The van der Waals surface area contributed by atoms with Gasteiger partial charge in [-0.05, 0) is 44.0 Å².